The summed E-state index contributed by atoms with van der Waals surface area (Å²) in [4.78, 5) is 22.5. The molecule has 0 bridgehead atoms. The number of hydrogen-bond donors (Lipinski definition) is 2. The molecule has 0 atom stereocenters. The largest absolute Gasteiger partial charge is 0.478 e. The number of aromatic carboxylic acids is 1. The van der Waals surface area contributed by atoms with E-state index in [9.17, 15) is 9.59 Å². The number of carboxylic acid groups (broad SMARTS) is 1. The van der Waals surface area contributed by atoms with Crippen molar-refractivity contribution >= 4 is 11.9 Å². The van der Waals surface area contributed by atoms with E-state index in [4.69, 9.17) is 5.11 Å². The number of carbonyl (C=O) groups is 2. The van der Waals surface area contributed by atoms with Crippen molar-refractivity contribution in [1.29, 1.82) is 0 Å². The van der Waals surface area contributed by atoms with Crippen LogP contribution >= 0.6 is 0 Å². The minimum Gasteiger partial charge on any atom is -0.478 e. The van der Waals surface area contributed by atoms with Gasteiger partial charge in [-0.2, -0.15) is 0 Å². The van der Waals surface area contributed by atoms with E-state index in [1.807, 2.05) is 0 Å². The summed E-state index contributed by atoms with van der Waals surface area (Å²) < 4.78 is 1.57. The number of aromatic nitrogens is 3. The minimum atomic E-state index is -0.982. The van der Waals surface area contributed by atoms with Gasteiger partial charge in [-0.1, -0.05) is 17.3 Å². The van der Waals surface area contributed by atoms with Gasteiger partial charge in [0.1, 0.15) is 0 Å². The predicted molar refractivity (Wildman–Crippen MR) is 69.9 cm³/mol. The molecule has 1 aromatic heterocycles. The van der Waals surface area contributed by atoms with E-state index in [2.05, 4.69) is 15.6 Å². The number of benzene rings is 1. The molecule has 1 amide bonds. The number of aryl methyl sites for hydroxylation is 1. The second-order valence-electron chi connectivity index (χ2n) is 4.20. The maximum Gasteiger partial charge on any atom is 0.335 e. The molecule has 1 aromatic carbocycles. The Labute approximate surface area is 115 Å². The molecule has 0 spiro atoms. The normalized spacial score (nSPS) is 10.2. The first-order valence-corrected chi connectivity index (χ1v) is 6.08. The molecule has 0 aliphatic heterocycles. The van der Waals surface area contributed by atoms with Gasteiger partial charge in [-0.25, -0.2) is 4.79 Å². The summed E-state index contributed by atoms with van der Waals surface area (Å²) in [7, 11) is 0. The van der Waals surface area contributed by atoms with Crippen LogP contribution in [0.3, 0.4) is 0 Å². The molecule has 0 saturated carbocycles. The summed E-state index contributed by atoms with van der Waals surface area (Å²) in [6.07, 6.45) is 3.53. The van der Waals surface area contributed by atoms with Crippen LogP contribution in [0.5, 0.6) is 0 Å². The summed E-state index contributed by atoms with van der Waals surface area (Å²) in [6, 6.07) is 6.48. The first-order valence-electron chi connectivity index (χ1n) is 6.08. The molecule has 7 nitrogen and oxygen atoms in total. The first kappa shape index (κ1) is 13.7. The Morgan fingerprint density at radius 1 is 1.35 bits per heavy atom. The van der Waals surface area contributed by atoms with Crippen LogP contribution in [0, 0.1) is 0 Å². The van der Waals surface area contributed by atoms with E-state index in [0.717, 1.165) is 5.56 Å². The quantitative estimate of drug-likeness (QED) is 0.807. The zero-order valence-corrected chi connectivity index (χ0v) is 10.7. The summed E-state index contributed by atoms with van der Waals surface area (Å²) in [6.45, 7) is 0.762. The Hall–Kier alpha value is -2.70. The second-order valence-corrected chi connectivity index (χ2v) is 4.20. The molecule has 7 heteroatoms. The van der Waals surface area contributed by atoms with Crippen LogP contribution in [0.25, 0.3) is 0 Å². The topological polar surface area (TPSA) is 97.1 Å². The molecule has 0 fully saturated rings. The third-order valence-corrected chi connectivity index (χ3v) is 2.70. The lowest BCUT2D eigenvalue weighted by molar-refractivity contribution is -0.121. The Bertz CT molecular complexity index is 595. The van der Waals surface area contributed by atoms with E-state index in [1.54, 1.807) is 35.3 Å². The van der Waals surface area contributed by atoms with Gasteiger partial charge >= 0.3 is 5.97 Å². The smallest absolute Gasteiger partial charge is 0.335 e. The van der Waals surface area contributed by atoms with E-state index in [0.29, 0.717) is 19.5 Å². The highest BCUT2D eigenvalue weighted by atomic mass is 16.4. The van der Waals surface area contributed by atoms with Gasteiger partial charge < -0.3 is 10.4 Å². The van der Waals surface area contributed by atoms with Gasteiger partial charge in [-0.3, -0.25) is 9.48 Å². The van der Waals surface area contributed by atoms with Crippen LogP contribution in [-0.2, 0) is 17.9 Å². The fourth-order valence-corrected chi connectivity index (χ4v) is 1.67. The van der Waals surface area contributed by atoms with Gasteiger partial charge in [-0.15, -0.1) is 5.10 Å². The third-order valence-electron chi connectivity index (χ3n) is 2.70. The van der Waals surface area contributed by atoms with Crippen LogP contribution in [0.4, 0.5) is 0 Å². The van der Waals surface area contributed by atoms with E-state index >= 15 is 0 Å². The molecular weight excluding hydrogens is 260 g/mol. The van der Waals surface area contributed by atoms with Crippen molar-refractivity contribution in [1.82, 2.24) is 20.3 Å². The second kappa shape index (κ2) is 6.46. The molecule has 0 saturated heterocycles. The Morgan fingerprint density at radius 2 is 2.20 bits per heavy atom. The molecule has 20 heavy (non-hydrogen) atoms. The fourth-order valence-electron chi connectivity index (χ4n) is 1.67. The lowest BCUT2D eigenvalue weighted by Gasteiger charge is -2.06. The SMILES string of the molecule is O=C(CCn1ccnn1)NCc1cccc(C(=O)O)c1. The molecule has 0 aliphatic rings. The van der Waals surface area contributed by atoms with Crippen molar-refractivity contribution in [2.24, 2.45) is 0 Å². The molecule has 1 heterocycles. The number of hydrogen-bond acceptors (Lipinski definition) is 4. The number of amides is 1. The van der Waals surface area contributed by atoms with Crippen molar-refractivity contribution in [3.05, 3.63) is 47.8 Å². The molecule has 104 valence electrons. The van der Waals surface area contributed by atoms with Gasteiger partial charge in [0.2, 0.25) is 5.91 Å². The molecule has 2 aromatic rings. The molecule has 0 aliphatic carbocycles. The van der Waals surface area contributed by atoms with Gasteiger partial charge in [0.15, 0.2) is 0 Å². The summed E-state index contributed by atoms with van der Waals surface area (Å²) >= 11 is 0. The molecule has 2 N–H and O–H groups in total. The number of rotatable bonds is 6. The van der Waals surface area contributed by atoms with Gasteiger partial charge in [0.05, 0.1) is 18.3 Å². The monoisotopic (exact) mass is 274 g/mol. The third kappa shape index (κ3) is 3.91. The zero-order chi connectivity index (χ0) is 14.4. The number of nitrogens with one attached hydrogen (secondary N) is 1. The maximum absolute atomic E-state index is 11.6. The highest BCUT2D eigenvalue weighted by molar-refractivity contribution is 5.87. The number of carbonyl (C=O) groups excluding carboxylic acids is 1. The Kier molecular flexibility index (Phi) is 4.43. The summed E-state index contributed by atoms with van der Waals surface area (Å²) in [5, 5.41) is 19.0. The number of carboxylic acids is 1. The van der Waals surface area contributed by atoms with Crippen molar-refractivity contribution in [3.63, 3.8) is 0 Å². The number of nitrogens with zero attached hydrogens (tertiary/aromatic N) is 3. The van der Waals surface area contributed by atoms with Crippen molar-refractivity contribution in [3.8, 4) is 0 Å². The van der Waals surface area contributed by atoms with Crippen LogP contribution in [0.2, 0.25) is 0 Å². The Morgan fingerprint density at radius 3 is 2.90 bits per heavy atom. The van der Waals surface area contributed by atoms with Gasteiger partial charge in [0, 0.05) is 19.2 Å². The van der Waals surface area contributed by atoms with Crippen LogP contribution in [-0.4, -0.2) is 32.0 Å². The highest BCUT2D eigenvalue weighted by Crippen LogP contribution is 2.05. The highest BCUT2D eigenvalue weighted by Gasteiger charge is 2.05. The van der Waals surface area contributed by atoms with Crippen LogP contribution < -0.4 is 5.32 Å². The molecule has 0 unspecified atom stereocenters. The van der Waals surface area contributed by atoms with Crippen molar-refractivity contribution in [2.45, 2.75) is 19.5 Å². The fraction of sp³-hybridized carbons (Fsp3) is 0.231. The van der Waals surface area contributed by atoms with E-state index in [1.165, 1.54) is 6.07 Å². The van der Waals surface area contributed by atoms with E-state index < -0.39 is 5.97 Å². The van der Waals surface area contributed by atoms with Gasteiger partial charge in [-0.05, 0) is 17.7 Å². The molecular formula is C13H14N4O3. The standard InChI is InChI=1S/C13H14N4O3/c18-12(4-6-17-7-5-15-16-17)14-9-10-2-1-3-11(8-10)13(19)20/h1-3,5,7-8H,4,6,9H2,(H,14,18)(H,19,20). The van der Waals surface area contributed by atoms with Crippen LogP contribution in [0.1, 0.15) is 22.3 Å². The van der Waals surface area contributed by atoms with Gasteiger partial charge in [0.25, 0.3) is 0 Å². The first-order chi connectivity index (χ1) is 9.65. The average molecular weight is 274 g/mol. The molecule has 0 radical (unpaired) electrons. The lowest BCUT2D eigenvalue weighted by Crippen LogP contribution is -2.24. The minimum absolute atomic E-state index is 0.124. The van der Waals surface area contributed by atoms with E-state index in [-0.39, 0.29) is 11.5 Å². The summed E-state index contributed by atoms with van der Waals surface area (Å²) in [5.41, 5.74) is 0.957. The molecule has 2 rings (SSSR count). The van der Waals surface area contributed by atoms with Crippen molar-refractivity contribution < 1.29 is 14.7 Å². The summed E-state index contributed by atoms with van der Waals surface area (Å²) in [5.74, 6) is -1.11. The predicted octanol–water partition coefficient (Wildman–Crippen LogP) is 0.683. The van der Waals surface area contributed by atoms with Crippen LogP contribution in [0.15, 0.2) is 36.7 Å². The maximum atomic E-state index is 11.6. The zero-order valence-electron chi connectivity index (χ0n) is 10.7. The Balaban J connectivity index is 1.81. The average Bonchev–Trinajstić information content (AvgIpc) is 2.96. The lowest BCUT2D eigenvalue weighted by atomic mass is 10.1. The van der Waals surface area contributed by atoms with Crippen molar-refractivity contribution in [2.75, 3.05) is 0 Å².